The van der Waals surface area contributed by atoms with Gasteiger partial charge in [0.25, 0.3) is 0 Å². The molecule has 4 nitrogen and oxygen atoms in total. The zero-order chi connectivity index (χ0) is 16.8. The number of ether oxygens (including phenoxy) is 2. The molecule has 0 rings (SSSR count). The standard InChI is InChI=1S/C18H34O4/c1-5-9-10-11-12-13-15-18(14-6-2,16(19)21-7-3)17(20)22-8-4/h5-15H2,1-4H3. The van der Waals surface area contributed by atoms with E-state index >= 15 is 0 Å². The van der Waals surface area contributed by atoms with Crippen molar-refractivity contribution >= 4 is 11.9 Å². The summed E-state index contributed by atoms with van der Waals surface area (Å²) >= 11 is 0. The maximum atomic E-state index is 12.4. The minimum absolute atomic E-state index is 0.292. The van der Waals surface area contributed by atoms with Crippen LogP contribution in [0.3, 0.4) is 0 Å². The summed E-state index contributed by atoms with van der Waals surface area (Å²) in [6.07, 6.45) is 8.53. The molecule has 0 fully saturated rings. The fourth-order valence-electron chi connectivity index (χ4n) is 2.79. The number of rotatable bonds is 13. The van der Waals surface area contributed by atoms with Crippen molar-refractivity contribution in [1.82, 2.24) is 0 Å². The normalized spacial score (nSPS) is 11.3. The van der Waals surface area contributed by atoms with Gasteiger partial charge in [-0.2, -0.15) is 0 Å². The lowest BCUT2D eigenvalue weighted by atomic mass is 9.78. The molecule has 0 aliphatic heterocycles. The van der Waals surface area contributed by atoms with E-state index in [1.54, 1.807) is 13.8 Å². The molecule has 0 aromatic heterocycles. The highest BCUT2D eigenvalue weighted by molar-refractivity contribution is 6.00. The smallest absolute Gasteiger partial charge is 0.323 e. The van der Waals surface area contributed by atoms with Crippen LogP contribution in [-0.4, -0.2) is 25.2 Å². The van der Waals surface area contributed by atoms with Gasteiger partial charge in [0.05, 0.1) is 13.2 Å². The molecule has 0 unspecified atom stereocenters. The molecule has 0 aliphatic carbocycles. The Morgan fingerprint density at radius 3 is 1.64 bits per heavy atom. The maximum absolute atomic E-state index is 12.4. The highest BCUT2D eigenvalue weighted by Crippen LogP contribution is 2.34. The van der Waals surface area contributed by atoms with E-state index in [1.165, 1.54) is 19.3 Å². The average Bonchev–Trinajstić information content (AvgIpc) is 2.50. The molecule has 22 heavy (non-hydrogen) atoms. The van der Waals surface area contributed by atoms with E-state index in [0.717, 1.165) is 25.7 Å². The molecule has 0 heterocycles. The van der Waals surface area contributed by atoms with Crippen LogP contribution in [0.1, 0.15) is 85.5 Å². The van der Waals surface area contributed by atoms with E-state index in [4.69, 9.17) is 9.47 Å². The molecule has 0 bridgehead atoms. The first kappa shape index (κ1) is 20.9. The van der Waals surface area contributed by atoms with Gasteiger partial charge in [0, 0.05) is 0 Å². The van der Waals surface area contributed by atoms with Crippen molar-refractivity contribution in [3.05, 3.63) is 0 Å². The van der Waals surface area contributed by atoms with Gasteiger partial charge >= 0.3 is 11.9 Å². The van der Waals surface area contributed by atoms with Crippen LogP contribution in [0, 0.1) is 5.41 Å². The van der Waals surface area contributed by atoms with Crippen LogP contribution in [0.5, 0.6) is 0 Å². The van der Waals surface area contributed by atoms with Crippen molar-refractivity contribution in [2.75, 3.05) is 13.2 Å². The van der Waals surface area contributed by atoms with Crippen LogP contribution in [0.15, 0.2) is 0 Å². The number of unbranched alkanes of at least 4 members (excludes halogenated alkanes) is 5. The summed E-state index contributed by atoms with van der Waals surface area (Å²) in [5.74, 6) is -0.826. The number of hydrogen-bond acceptors (Lipinski definition) is 4. The number of carbonyl (C=O) groups excluding carboxylic acids is 2. The SMILES string of the molecule is CCCCCCCCC(CCC)(C(=O)OCC)C(=O)OCC. The summed E-state index contributed by atoms with van der Waals surface area (Å²) in [4.78, 5) is 24.8. The molecule has 0 radical (unpaired) electrons. The maximum Gasteiger partial charge on any atom is 0.323 e. The van der Waals surface area contributed by atoms with Crippen molar-refractivity contribution in [2.45, 2.75) is 85.5 Å². The molecule has 0 spiro atoms. The van der Waals surface area contributed by atoms with Crippen LogP contribution in [0.2, 0.25) is 0 Å². The van der Waals surface area contributed by atoms with Gasteiger partial charge in [-0.25, -0.2) is 0 Å². The van der Waals surface area contributed by atoms with E-state index in [9.17, 15) is 9.59 Å². The molecule has 130 valence electrons. The molecule has 0 atom stereocenters. The zero-order valence-corrected chi connectivity index (χ0v) is 14.9. The minimum Gasteiger partial charge on any atom is -0.465 e. The van der Waals surface area contributed by atoms with Crippen molar-refractivity contribution in [1.29, 1.82) is 0 Å². The largest absolute Gasteiger partial charge is 0.465 e. The predicted molar refractivity (Wildman–Crippen MR) is 88.6 cm³/mol. The third-order valence-corrected chi connectivity index (χ3v) is 3.97. The van der Waals surface area contributed by atoms with Gasteiger partial charge < -0.3 is 9.47 Å². The summed E-state index contributed by atoms with van der Waals surface area (Å²) in [5.41, 5.74) is -1.11. The first-order chi connectivity index (χ1) is 10.6. The van der Waals surface area contributed by atoms with Crippen LogP contribution < -0.4 is 0 Å². The summed E-state index contributed by atoms with van der Waals surface area (Å²) in [6.45, 7) is 8.29. The van der Waals surface area contributed by atoms with Gasteiger partial charge in [0.15, 0.2) is 5.41 Å². The van der Waals surface area contributed by atoms with E-state index < -0.39 is 17.4 Å². The van der Waals surface area contributed by atoms with Crippen LogP contribution in [0.4, 0.5) is 0 Å². The van der Waals surface area contributed by atoms with Gasteiger partial charge in [-0.3, -0.25) is 9.59 Å². The molecule has 0 aromatic rings. The fourth-order valence-corrected chi connectivity index (χ4v) is 2.79. The Labute approximate surface area is 135 Å². The fraction of sp³-hybridized carbons (Fsp3) is 0.889. The second kappa shape index (κ2) is 12.5. The molecule has 0 saturated heterocycles. The van der Waals surface area contributed by atoms with Gasteiger partial charge in [-0.1, -0.05) is 58.8 Å². The lowest BCUT2D eigenvalue weighted by molar-refractivity contribution is -0.173. The van der Waals surface area contributed by atoms with Gasteiger partial charge in [-0.15, -0.1) is 0 Å². The highest BCUT2D eigenvalue weighted by Gasteiger charge is 2.47. The van der Waals surface area contributed by atoms with Gasteiger partial charge in [0.2, 0.25) is 0 Å². The minimum atomic E-state index is -1.11. The number of carbonyl (C=O) groups is 2. The number of esters is 2. The predicted octanol–water partition coefficient (Wildman–Crippen LogP) is 4.65. The lowest BCUT2D eigenvalue weighted by Gasteiger charge is -2.28. The highest BCUT2D eigenvalue weighted by atomic mass is 16.6. The van der Waals surface area contributed by atoms with Gasteiger partial charge in [-0.05, 0) is 26.7 Å². The quantitative estimate of drug-likeness (QED) is 0.282. The second-order valence-electron chi connectivity index (χ2n) is 5.79. The Kier molecular flexibility index (Phi) is 11.9. The molecule has 0 N–H and O–H groups in total. The Morgan fingerprint density at radius 1 is 0.682 bits per heavy atom. The topological polar surface area (TPSA) is 52.6 Å². The summed E-state index contributed by atoms with van der Waals surface area (Å²) < 4.78 is 10.4. The summed E-state index contributed by atoms with van der Waals surface area (Å²) in [6, 6.07) is 0. The number of hydrogen-bond donors (Lipinski definition) is 0. The third kappa shape index (κ3) is 6.80. The lowest BCUT2D eigenvalue weighted by Crippen LogP contribution is -2.42. The molecular formula is C18H34O4. The Morgan fingerprint density at radius 2 is 1.18 bits per heavy atom. The Bertz CT molecular complexity index is 294. The third-order valence-electron chi connectivity index (χ3n) is 3.97. The Hall–Kier alpha value is -1.06. The first-order valence-electron chi connectivity index (χ1n) is 8.93. The van der Waals surface area contributed by atoms with Gasteiger partial charge in [0.1, 0.15) is 0 Å². The van der Waals surface area contributed by atoms with Crippen molar-refractivity contribution < 1.29 is 19.1 Å². The molecule has 4 heteroatoms. The van der Waals surface area contributed by atoms with Crippen molar-refractivity contribution in [2.24, 2.45) is 5.41 Å². The molecule has 0 amide bonds. The van der Waals surface area contributed by atoms with Crippen LogP contribution in [-0.2, 0) is 19.1 Å². The molecular weight excluding hydrogens is 280 g/mol. The summed E-state index contributed by atoms with van der Waals surface area (Å²) in [7, 11) is 0. The second-order valence-corrected chi connectivity index (χ2v) is 5.79. The molecule has 0 aromatic carbocycles. The van der Waals surface area contributed by atoms with Crippen molar-refractivity contribution in [3.63, 3.8) is 0 Å². The van der Waals surface area contributed by atoms with E-state index in [-0.39, 0.29) is 0 Å². The van der Waals surface area contributed by atoms with E-state index in [2.05, 4.69) is 6.92 Å². The van der Waals surface area contributed by atoms with Crippen molar-refractivity contribution in [3.8, 4) is 0 Å². The molecule has 0 aliphatic rings. The zero-order valence-electron chi connectivity index (χ0n) is 14.9. The average molecular weight is 314 g/mol. The summed E-state index contributed by atoms with van der Waals surface area (Å²) in [5, 5.41) is 0. The Balaban J connectivity index is 4.79. The van der Waals surface area contributed by atoms with E-state index in [0.29, 0.717) is 26.1 Å². The van der Waals surface area contributed by atoms with Crippen LogP contribution >= 0.6 is 0 Å². The molecule has 0 saturated carbocycles. The monoisotopic (exact) mass is 314 g/mol. The first-order valence-corrected chi connectivity index (χ1v) is 8.93. The van der Waals surface area contributed by atoms with Crippen LogP contribution in [0.25, 0.3) is 0 Å². The van der Waals surface area contributed by atoms with E-state index in [1.807, 2.05) is 6.92 Å².